The first-order chi connectivity index (χ1) is 18.6. The van der Waals surface area contributed by atoms with E-state index in [1.807, 2.05) is 74.0 Å². The van der Waals surface area contributed by atoms with Gasteiger partial charge in [-0.2, -0.15) is 5.10 Å². The predicted octanol–water partition coefficient (Wildman–Crippen LogP) is 6.28. The summed E-state index contributed by atoms with van der Waals surface area (Å²) in [5.74, 6) is 0.415. The van der Waals surface area contributed by atoms with Gasteiger partial charge in [-0.1, -0.05) is 42.5 Å². The Kier molecular flexibility index (Phi) is 4.97. The van der Waals surface area contributed by atoms with Crippen LogP contribution in [0.4, 0.5) is 5.69 Å². The summed E-state index contributed by atoms with van der Waals surface area (Å²) in [4.78, 5) is 30.0. The van der Waals surface area contributed by atoms with Gasteiger partial charge < -0.3 is 10.3 Å². The van der Waals surface area contributed by atoms with Crippen LogP contribution in [0.3, 0.4) is 0 Å². The average molecular weight is 496 g/mol. The van der Waals surface area contributed by atoms with Gasteiger partial charge in [0.15, 0.2) is 11.5 Å². The maximum Gasteiger partial charge on any atom is 0.255 e. The van der Waals surface area contributed by atoms with Crippen molar-refractivity contribution in [1.82, 2.24) is 30.1 Å². The number of amides is 1. The Hall–Kier alpha value is -5.37. The molecule has 0 spiro atoms. The summed E-state index contributed by atoms with van der Waals surface area (Å²) in [6.07, 6.45) is 5.54. The second-order valence-corrected chi connectivity index (χ2v) is 9.19. The first kappa shape index (κ1) is 21.9. The highest BCUT2D eigenvalue weighted by Gasteiger charge is 2.16. The van der Waals surface area contributed by atoms with Gasteiger partial charge in [-0.05, 0) is 48.2 Å². The lowest BCUT2D eigenvalue weighted by Gasteiger charge is -2.07. The van der Waals surface area contributed by atoms with Gasteiger partial charge in [-0.3, -0.25) is 14.9 Å². The lowest BCUT2D eigenvalue weighted by molar-refractivity contribution is 0.102. The Labute approximate surface area is 216 Å². The molecule has 0 saturated heterocycles. The number of benzene rings is 3. The topological polar surface area (TPSA) is 112 Å². The van der Waals surface area contributed by atoms with Crippen LogP contribution in [-0.4, -0.2) is 36.0 Å². The van der Waals surface area contributed by atoms with E-state index < -0.39 is 0 Å². The van der Waals surface area contributed by atoms with E-state index in [0.29, 0.717) is 22.7 Å². The van der Waals surface area contributed by atoms with Crippen LogP contribution in [0, 0.1) is 6.92 Å². The van der Waals surface area contributed by atoms with Crippen LogP contribution in [0.25, 0.3) is 55.5 Å². The number of carbonyl (C=O) groups excluding carboxylic acids is 1. The molecule has 182 valence electrons. The normalized spacial score (nSPS) is 11.4. The number of imidazole rings is 1. The maximum absolute atomic E-state index is 12.9. The molecule has 0 unspecified atom stereocenters. The number of carbonyl (C=O) groups is 1. The Bertz CT molecular complexity index is 2000. The van der Waals surface area contributed by atoms with E-state index in [1.54, 1.807) is 12.1 Å². The molecule has 0 aliphatic rings. The number of aryl methyl sites for hydroxylation is 1. The van der Waals surface area contributed by atoms with Crippen LogP contribution < -0.4 is 5.32 Å². The molecule has 7 rings (SSSR count). The molecule has 3 N–H and O–H groups in total. The van der Waals surface area contributed by atoms with E-state index in [4.69, 9.17) is 4.98 Å². The van der Waals surface area contributed by atoms with Crippen molar-refractivity contribution in [1.29, 1.82) is 0 Å². The number of nitrogens with one attached hydrogen (secondary N) is 3. The van der Waals surface area contributed by atoms with Gasteiger partial charge in [0.2, 0.25) is 0 Å². The summed E-state index contributed by atoms with van der Waals surface area (Å²) < 4.78 is 0. The molecule has 3 aromatic carbocycles. The first-order valence-electron chi connectivity index (χ1n) is 12.2. The van der Waals surface area contributed by atoms with Gasteiger partial charge in [-0.15, -0.1) is 0 Å². The molecule has 4 heterocycles. The highest BCUT2D eigenvalue weighted by atomic mass is 16.1. The Balaban J connectivity index is 1.26. The Morgan fingerprint density at radius 3 is 2.68 bits per heavy atom. The fourth-order valence-electron chi connectivity index (χ4n) is 4.75. The molecule has 0 radical (unpaired) electrons. The summed E-state index contributed by atoms with van der Waals surface area (Å²) in [5.41, 5.74) is 7.07. The zero-order valence-electron chi connectivity index (χ0n) is 20.4. The van der Waals surface area contributed by atoms with Gasteiger partial charge in [0, 0.05) is 46.4 Å². The summed E-state index contributed by atoms with van der Waals surface area (Å²) in [6, 6.07) is 23.3. The molecular weight excluding hydrogens is 474 g/mol. The van der Waals surface area contributed by atoms with E-state index >= 15 is 0 Å². The average Bonchev–Trinajstić information content (AvgIpc) is 3.57. The molecule has 0 aliphatic carbocycles. The zero-order chi connectivity index (χ0) is 25.6. The molecule has 8 heteroatoms. The lowest BCUT2D eigenvalue weighted by Crippen LogP contribution is -2.12. The molecule has 0 saturated carbocycles. The van der Waals surface area contributed by atoms with E-state index in [1.165, 1.54) is 0 Å². The van der Waals surface area contributed by atoms with Crippen LogP contribution in [0.1, 0.15) is 15.9 Å². The van der Waals surface area contributed by atoms with Gasteiger partial charge in [0.05, 0.1) is 16.4 Å². The van der Waals surface area contributed by atoms with E-state index in [9.17, 15) is 4.79 Å². The van der Waals surface area contributed by atoms with Crippen molar-refractivity contribution < 1.29 is 4.79 Å². The number of fused-ring (bicyclic) bond motifs is 3. The van der Waals surface area contributed by atoms with Crippen molar-refractivity contribution in [3.05, 3.63) is 103 Å². The fourth-order valence-corrected chi connectivity index (χ4v) is 4.75. The predicted molar refractivity (Wildman–Crippen MR) is 149 cm³/mol. The standard InChI is InChI=1S/C30H21N7O/c1-17-6-2-5-9-24(17)35-30(38)18-10-11-25-26(13-18)34-29(33-25)27-22-12-20(15-32-28(22)37-36-27)23-16-31-14-19-7-3-4-8-21(19)23/h2-16H,1H3,(H,33,34)(H,35,38)(H,32,36,37). The largest absolute Gasteiger partial charge is 0.337 e. The first-order valence-corrected chi connectivity index (χ1v) is 12.2. The smallest absolute Gasteiger partial charge is 0.255 e. The van der Waals surface area contributed by atoms with Crippen molar-refractivity contribution in [2.45, 2.75) is 6.92 Å². The van der Waals surface area contributed by atoms with Crippen LogP contribution >= 0.6 is 0 Å². The molecule has 8 nitrogen and oxygen atoms in total. The highest BCUT2D eigenvalue weighted by molar-refractivity contribution is 6.06. The van der Waals surface area contributed by atoms with E-state index in [2.05, 4.69) is 42.6 Å². The summed E-state index contributed by atoms with van der Waals surface area (Å²) >= 11 is 0. The molecule has 38 heavy (non-hydrogen) atoms. The molecule has 0 bridgehead atoms. The van der Waals surface area contributed by atoms with Gasteiger partial charge in [0.1, 0.15) is 5.69 Å². The third-order valence-electron chi connectivity index (χ3n) is 6.76. The number of anilines is 1. The fraction of sp³-hybridized carbons (Fsp3) is 0.0333. The van der Waals surface area contributed by atoms with Gasteiger partial charge in [-0.25, -0.2) is 9.97 Å². The third kappa shape index (κ3) is 3.67. The van der Waals surface area contributed by atoms with Crippen molar-refractivity contribution >= 4 is 44.4 Å². The van der Waals surface area contributed by atoms with Crippen molar-refractivity contribution in [2.75, 3.05) is 5.32 Å². The van der Waals surface area contributed by atoms with E-state index in [0.717, 1.165) is 49.6 Å². The summed E-state index contributed by atoms with van der Waals surface area (Å²) in [5, 5.41) is 13.5. The van der Waals surface area contributed by atoms with Crippen molar-refractivity contribution in [2.24, 2.45) is 0 Å². The Morgan fingerprint density at radius 1 is 0.895 bits per heavy atom. The quantitative estimate of drug-likeness (QED) is 0.266. The molecule has 1 amide bonds. The number of para-hydroxylation sites is 1. The second kappa shape index (κ2) is 8.63. The zero-order valence-corrected chi connectivity index (χ0v) is 20.4. The number of H-pyrrole nitrogens is 2. The number of hydrogen-bond acceptors (Lipinski definition) is 5. The number of hydrogen-bond donors (Lipinski definition) is 3. The van der Waals surface area contributed by atoms with Crippen LogP contribution in [-0.2, 0) is 0 Å². The number of rotatable bonds is 4. The lowest BCUT2D eigenvalue weighted by atomic mass is 10.0. The molecule has 0 atom stereocenters. The molecule has 0 aliphatic heterocycles. The monoisotopic (exact) mass is 495 g/mol. The minimum absolute atomic E-state index is 0.180. The SMILES string of the molecule is Cc1ccccc1NC(=O)c1ccc2nc(-c3n[nH]c4ncc(-c5cncc6ccccc56)cc34)[nH]c2c1. The minimum atomic E-state index is -0.180. The Morgan fingerprint density at radius 2 is 1.76 bits per heavy atom. The number of nitrogens with zero attached hydrogens (tertiary/aromatic N) is 4. The highest BCUT2D eigenvalue weighted by Crippen LogP contribution is 2.32. The van der Waals surface area contributed by atoms with Gasteiger partial charge >= 0.3 is 0 Å². The molecular formula is C30H21N7O. The second-order valence-electron chi connectivity index (χ2n) is 9.19. The molecule has 4 aromatic heterocycles. The van der Waals surface area contributed by atoms with Crippen LogP contribution in [0.15, 0.2) is 91.4 Å². The van der Waals surface area contributed by atoms with Gasteiger partial charge in [0.25, 0.3) is 5.91 Å². The third-order valence-corrected chi connectivity index (χ3v) is 6.76. The minimum Gasteiger partial charge on any atom is -0.337 e. The van der Waals surface area contributed by atoms with Crippen LogP contribution in [0.5, 0.6) is 0 Å². The van der Waals surface area contributed by atoms with Crippen LogP contribution in [0.2, 0.25) is 0 Å². The summed E-state index contributed by atoms with van der Waals surface area (Å²) in [7, 11) is 0. The van der Waals surface area contributed by atoms with Crippen molar-refractivity contribution in [3.63, 3.8) is 0 Å². The molecule has 0 fully saturated rings. The maximum atomic E-state index is 12.9. The van der Waals surface area contributed by atoms with E-state index in [-0.39, 0.29) is 5.91 Å². The summed E-state index contributed by atoms with van der Waals surface area (Å²) in [6.45, 7) is 1.96. The number of aromatic amines is 2. The molecule has 7 aromatic rings. The number of aromatic nitrogens is 6. The van der Waals surface area contributed by atoms with Crippen molar-refractivity contribution in [3.8, 4) is 22.6 Å². The number of pyridine rings is 2.